The van der Waals surface area contributed by atoms with Gasteiger partial charge in [0.25, 0.3) is 5.91 Å². The molecule has 7 heteroatoms. The van der Waals surface area contributed by atoms with E-state index in [0.29, 0.717) is 13.1 Å². The van der Waals surface area contributed by atoms with Gasteiger partial charge in [-0.2, -0.15) is 0 Å². The predicted octanol–water partition coefficient (Wildman–Crippen LogP) is 1.06. The molecule has 1 aliphatic heterocycles. The molecule has 20 heavy (non-hydrogen) atoms. The van der Waals surface area contributed by atoms with Crippen LogP contribution in [0.5, 0.6) is 0 Å². The highest BCUT2D eigenvalue weighted by Crippen LogP contribution is 2.05. The van der Waals surface area contributed by atoms with Crippen LogP contribution in [-0.2, 0) is 0 Å². The summed E-state index contributed by atoms with van der Waals surface area (Å²) in [6.45, 7) is 2.67. The standard InChI is InChI=1S/C13H17FN4O.HI/c1-18-9-8-17-13(18)16-7-6-15-12(19)10-4-2-3-5-11(10)14;/h2-5H,6-9H2,1H3,(H,15,19)(H,16,17);1H. The maximum Gasteiger partial charge on any atom is 0.254 e. The minimum atomic E-state index is -0.507. The lowest BCUT2D eigenvalue weighted by molar-refractivity contribution is 0.0950. The first-order valence-electron chi connectivity index (χ1n) is 6.20. The zero-order valence-electron chi connectivity index (χ0n) is 11.2. The lowest BCUT2D eigenvalue weighted by Crippen LogP contribution is -2.40. The molecule has 1 amide bonds. The number of likely N-dealkylation sites (N-methyl/N-ethyl adjacent to an activating group) is 1. The summed E-state index contributed by atoms with van der Waals surface area (Å²) in [5, 5.41) is 5.78. The Balaban J connectivity index is 0.00000200. The van der Waals surface area contributed by atoms with Gasteiger partial charge >= 0.3 is 0 Å². The van der Waals surface area contributed by atoms with Crippen LogP contribution in [0.3, 0.4) is 0 Å². The molecule has 0 aliphatic carbocycles. The minimum Gasteiger partial charge on any atom is -0.354 e. The Labute approximate surface area is 134 Å². The lowest BCUT2D eigenvalue weighted by atomic mass is 10.2. The highest BCUT2D eigenvalue weighted by atomic mass is 127. The second-order valence-electron chi connectivity index (χ2n) is 4.29. The summed E-state index contributed by atoms with van der Waals surface area (Å²) < 4.78 is 13.3. The van der Waals surface area contributed by atoms with Gasteiger partial charge in [0, 0.05) is 26.7 Å². The third-order valence-electron chi connectivity index (χ3n) is 2.87. The Morgan fingerprint density at radius 2 is 2.15 bits per heavy atom. The fourth-order valence-electron chi connectivity index (χ4n) is 1.81. The van der Waals surface area contributed by atoms with Crippen molar-refractivity contribution in [3.05, 3.63) is 35.6 Å². The molecule has 0 fully saturated rings. The number of halogens is 2. The van der Waals surface area contributed by atoms with Crippen LogP contribution in [0.15, 0.2) is 29.3 Å². The monoisotopic (exact) mass is 392 g/mol. The van der Waals surface area contributed by atoms with E-state index in [-0.39, 0.29) is 29.5 Å². The summed E-state index contributed by atoms with van der Waals surface area (Å²) in [6.07, 6.45) is 0. The summed E-state index contributed by atoms with van der Waals surface area (Å²) in [5.41, 5.74) is 0.0674. The highest BCUT2D eigenvalue weighted by molar-refractivity contribution is 14.0. The average Bonchev–Trinajstić information content (AvgIpc) is 2.80. The molecule has 0 radical (unpaired) electrons. The maximum absolute atomic E-state index is 13.3. The summed E-state index contributed by atoms with van der Waals surface area (Å²) in [7, 11) is 1.96. The number of aliphatic imine (C=N–C) groups is 1. The van der Waals surface area contributed by atoms with E-state index in [2.05, 4.69) is 15.6 Å². The van der Waals surface area contributed by atoms with Crippen LogP contribution < -0.4 is 10.6 Å². The summed E-state index contributed by atoms with van der Waals surface area (Å²) >= 11 is 0. The highest BCUT2D eigenvalue weighted by Gasteiger charge is 2.12. The van der Waals surface area contributed by atoms with Gasteiger partial charge in [-0.3, -0.25) is 9.79 Å². The summed E-state index contributed by atoms with van der Waals surface area (Å²) in [6, 6.07) is 5.93. The molecule has 0 atom stereocenters. The number of guanidine groups is 1. The number of benzene rings is 1. The molecule has 110 valence electrons. The minimum absolute atomic E-state index is 0. The van der Waals surface area contributed by atoms with Crippen molar-refractivity contribution in [2.24, 2.45) is 4.99 Å². The van der Waals surface area contributed by atoms with E-state index < -0.39 is 11.7 Å². The molecule has 5 nitrogen and oxygen atoms in total. The zero-order chi connectivity index (χ0) is 13.7. The Bertz CT molecular complexity index is 495. The summed E-state index contributed by atoms with van der Waals surface area (Å²) in [4.78, 5) is 18.0. The zero-order valence-corrected chi connectivity index (χ0v) is 13.6. The van der Waals surface area contributed by atoms with Crippen LogP contribution in [0.1, 0.15) is 10.4 Å². The second-order valence-corrected chi connectivity index (χ2v) is 4.29. The average molecular weight is 392 g/mol. The van der Waals surface area contributed by atoms with Gasteiger partial charge in [-0.25, -0.2) is 4.39 Å². The largest absolute Gasteiger partial charge is 0.354 e. The topological polar surface area (TPSA) is 56.7 Å². The molecule has 1 heterocycles. The van der Waals surface area contributed by atoms with E-state index in [1.165, 1.54) is 12.1 Å². The fourth-order valence-corrected chi connectivity index (χ4v) is 1.81. The maximum atomic E-state index is 13.3. The van der Waals surface area contributed by atoms with Gasteiger partial charge in [-0.05, 0) is 12.1 Å². The smallest absolute Gasteiger partial charge is 0.254 e. The Morgan fingerprint density at radius 1 is 1.40 bits per heavy atom. The van der Waals surface area contributed by atoms with Crippen LogP contribution in [0.25, 0.3) is 0 Å². The first-order chi connectivity index (χ1) is 9.18. The molecular formula is C13H18FIN4O. The molecular weight excluding hydrogens is 374 g/mol. The first kappa shape index (κ1) is 16.7. The first-order valence-corrected chi connectivity index (χ1v) is 6.20. The predicted molar refractivity (Wildman–Crippen MR) is 87.1 cm³/mol. The Kier molecular flexibility index (Phi) is 6.69. The van der Waals surface area contributed by atoms with Crippen LogP contribution in [0.4, 0.5) is 4.39 Å². The quantitative estimate of drug-likeness (QED) is 0.596. The van der Waals surface area contributed by atoms with Crippen molar-refractivity contribution >= 4 is 35.8 Å². The third kappa shape index (κ3) is 4.32. The van der Waals surface area contributed by atoms with Crippen LogP contribution in [0, 0.1) is 5.82 Å². The van der Waals surface area contributed by atoms with Gasteiger partial charge in [0.05, 0.1) is 12.1 Å². The van der Waals surface area contributed by atoms with E-state index >= 15 is 0 Å². The number of carbonyl (C=O) groups excluding carboxylic acids is 1. The van der Waals surface area contributed by atoms with E-state index in [0.717, 1.165) is 19.0 Å². The number of nitrogens with zero attached hydrogens (tertiary/aromatic N) is 2. The number of hydrogen-bond acceptors (Lipinski definition) is 4. The van der Waals surface area contributed by atoms with Crippen molar-refractivity contribution < 1.29 is 9.18 Å². The van der Waals surface area contributed by atoms with Crippen molar-refractivity contribution in [1.82, 2.24) is 15.5 Å². The van der Waals surface area contributed by atoms with Crippen LogP contribution in [-0.4, -0.2) is 50.0 Å². The Hall–Kier alpha value is -1.38. The number of hydrogen-bond donors (Lipinski definition) is 2. The van der Waals surface area contributed by atoms with E-state index in [4.69, 9.17) is 0 Å². The van der Waals surface area contributed by atoms with E-state index in [9.17, 15) is 9.18 Å². The number of rotatable bonds is 4. The fraction of sp³-hybridized carbons (Fsp3) is 0.385. The van der Waals surface area contributed by atoms with E-state index in [1.807, 2.05) is 11.9 Å². The van der Waals surface area contributed by atoms with Crippen molar-refractivity contribution in [3.8, 4) is 0 Å². The number of amides is 1. The van der Waals surface area contributed by atoms with Gasteiger partial charge in [0.1, 0.15) is 5.82 Å². The van der Waals surface area contributed by atoms with Crippen molar-refractivity contribution in [2.45, 2.75) is 0 Å². The van der Waals surface area contributed by atoms with Crippen LogP contribution in [0.2, 0.25) is 0 Å². The SMILES string of the molecule is CN1CCN=C1NCCNC(=O)c1ccccc1F.I. The Morgan fingerprint density at radius 3 is 2.80 bits per heavy atom. The van der Waals surface area contributed by atoms with Gasteiger partial charge in [0.15, 0.2) is 5.96 Å². The molecule has 0 saturated carbocycles. The molecule has 1 aromatic rings. The molecule has 0 unspecified atom stereocenters. The molecule has 0 aromatic heterocycles. The lowest BCUT2D eigenvalue weighted by Gasteiger charge is -2.15. The molecule has 0 saturated heterocycles. The van der Waals surface area contributed by atoms with Crippen molar-refractivity contribution in [3.63, 3.8) is 0 Å². The van der Waals surface area contributed by atoms with Gasteiger partial charge in [0.2, 0.25) is 0 Å². The van der Waals surface area contributed by atoms with E-state index in [1.54, 1.807) is 12.1 Å². The van der Waals surface area contributed by atoms with Crippen molar-refractivity contribution in [2.75, 3.05) is 33.2 Å². The molecule has 1 aliphatic rings. The van der Waals surface area contributed by atoms with Gasteiger partial charge < -0.3 is 15.5 Å². The number of carbonyl (C=O) groups is 1. The third-order valence-corrected chi connectivity index (χ3v) is 2.87. The molecule has 0 spiro atoms. The number of nitrogens with one attached hydrogen (secondary N) is 2. The van der Waals surface area contributed by atoms with Gasteiger partial charge in [-0.15, -0.1) is 24.0 Å². The molecule has 0 bridgehead atoms. The van der Waals surface area contributed by atoms with Gasteiger partial charge in [-0.1, -0.05) is 12.1 Å². The van der Waals surface area contributed by atoms with Crippen molar-refractivity contribution in [1.29, 1.82) is 0 Å². The second kappa shape index (κ2) is 8.03. The normalized spacial score (nSPS) is 13.5. The molecule has 2 rings (SSSR count). The molecule has 1 aromatic carbocycles. The molecule has 2 N–H and O–H groups in total. The van der Waals surface area contributed by atoms with Crippen LogP contribution >= 0.6 is 24.0 Å². The summed E-state index contributed by atoms with van der Waals surface area (Å²) in [5.74, 6) is -0.0744.